The highest BCUT2D eigenvalue weighted by molar-refractivity contribution is 7.89. The van der Waals surface area contributed by atoms with Crippen molar-refractivity contribution in [2.24, 2.45) is 0 Å². The van der Waals surface area contributed by atoms with Gasteiger partial charge in [0.2, 0.25) is 10.0 Å². The SMILES string of the molecule is CC1(C)CN(C(=O)c2cn[nH]n2)CCN1S(=O)(=O)c1c(F)cccc1F. The maximum atomic E-state index is 14.0. The van der Waals surface area contributed by atoms with Crippen LogP contribution in [-0.4, -0.2) is 64.1 Å². The largest absolute Gasteiger partial charge is 0.334 e. The molecule has 26 heavy (non-hydrogen) atoms. The van der Waals surface area contributed by atoms with Gasteiger partial charge in [0.1, 0.15) is 11.6 Å². The number of halogens is 2. The molecule has 2 heterocycles. The normalized spacial score (nSPS) is 18.1. The lowest BCUT2D eigenvalue weighted by atomic mass is 10.0. The summed E-state index contributed by atoms with van der Waals surface area (Å²) in [6.07, 6.45) is 1.27. The van der Waals surface area contributed by atoms with Gasteiger partial charge in [-0.2, -0.15) is 19.7 Å². The average Bonchev–Trinajstić information content (AvgIpc) is 3.06. The molecular formula is C15H17F2N5O3S. The van der Waals surface area contributed by atoms with Crippen molar-refractivity contribution < 1.29 is 22.0 Å². The van der Waals surface area contributed by atoms with Crippen LogP contribution in [0, 0.1) is 11.6 Å². The minimum absolute atomic E-state index is 0.0357. The third kappa shape index (κ3) is 3.07. The monoisotopic (exact) mass is 385 g/mol. The first-order valence-corrected chi connectivity index (χ1v) is 9.20. The molecule has 1 amide bonds. The Kier molecular flexibility index (Phi) is 4.53. The second kappa shape index (κ2) is 6.40. The van der Waals surface area contributed by atoms with E-state index in [0.29, 0.717) is 0 Å². The Bertz CT molecular complexity index is 911. The number of amides is 1. The van der Waals surface area contributed by atoms with Crippen LogP contribution < -0.4 is 0 Å². The quantitative estimate of drug-likeness (QED) is 0.850. The third-order valence-electron chi connectivity index (χ3n) is 4.21. The van der Waals surface area contributed by atoms with Crippen LogP contribution in [0.4, 0.5) is 8.78 Å². The fraction of sp³-hybridized carbons (Fsp3) is 0.400. The molecule has 140 valence electrons. The molecule has 1 fully saturated rings. The summed E-state index contributed by atoms with van der Waals surface area (Å²) in [5, 5.41) is 9.63. The van der Waals surface area contributed by atoms with Gasteiger partial charge in [-0.25, -0.2) is 17.2 Å². The molecule has 1 aromatic carbocycles. The average molecular weight is 385 g/mol. The van der Waals surface area contributed by atoms with Gasteiger partial charge >= 0.3 is 0 Å². The zero-order valence-electron chi connectivity index (χ0n) is 14.1. The Morgan fingerprint density at radius 1 is 1.23 bits per heavy atom. The molecule has 11 heteroatoms. The van der Waals surface area contributed by atoms with E-state index < -0.39 is 38.0 Å². The smallest absolute Gasteiger partial charge is 0.276 e. The van der Waals surface area contributed by atoms with E-state index in [2.05, 4.69) is 15.4 Å². The molecule has 0 spiro atoms. The van der Waals surface area contributed by atoms with Crippen LogP contribution in [0.15, 0.2) is 29.3 Å². The number of aromatic amines is 1. The Hall–Kier alpha value is -2.40. The molecule has 1 aromatic heterocycles. The number of hydrogen-bond donors (Lipinski definition) is 1. The number of benzene rings is 1. The van der Waals surface area contributed by atoms with Gasteiger partial charge < -0.3 is 4.90 Å². The molecular weight excluding hydrogens is 368 g/mol. The van der Waals surface area contributed by atoms with Gasteiger partial charge in [-0.1, -0.05) is 6.07 Å². The molecule has 2 aromatic rings. The predicted octanol–water partition coefficient (Wildman–Crippen LogP) is 1.01. The molecule has 1 saturated heterocycles. The van der Waals surface area contributed by atoms with E-state index in [-0.39, 0.29) is 25.3 Å². The molecule has 1 N–H and O–H groups in total. The molecule has 0 atom stereocenters. The minimum atomic E-state index is -4.42. The molecule has 1 aliphatic rings. The Labute approximate surface area is 148 Å². The van der Waals surface area contributed by atoms with Crippen LogP contribution in [0.5, 0.6) is 0 Å². The van der Waals surface area contributed by atoms with Gasteiger partial charge in [-0.3, -0.25) is 4.79 Å². The minimum Gasteiger partial charge on any atom is -0.334 e. The van der Waals surface area contributed by atoms with Gasteiger partial charge in [0.25, 0.3) is 5.91 Å². The third-order valence-corrected chi connectivity index (χ3v) is 6.38. The number of sulfonamides is 1. The van der Waals surface area contributed by atoms with E-state index in [1.807, 2.05) is 0 Å². The van der Waals surface area contributed by atoms with Gasteiger partial charge in [0.05, 0.1) is 6.20 Å². The van der Waals surface area contributed by atoms with Gasteiger partial charge in [-0.05, 0) is 26.0 Å². The summed E-state index contributed by atoms with van der Waals surface area (Å²) in [6.45, 7) is 3.17. The Balaban J connectivity index is 1.90. The predicted molar refractivity (Wildman–Crippen MR) is 86.6 cm³/mol. The van der Waals surface area contributed by atoms with Crippen LogP contribution in [-0.2, 0) is 10.0 Å². The van der Waals surface area contributed by atoms with E-state index in [0.717, 1.165) is 22.5 Å². The van der Waals surface area contributed by atoms with Crippen LogP contribution in [0.1, 0.15) is 24.3 Å². The van der Waals surface area contributed by atoms with Gasteiger partial charge in [-0.15, -0.1) is 0 Å². The highest BCUT2D eigenvalue weighted by Gasteiger charge is 2.44. The van der Waals surface area contributed by atoms with Crippen molar-refractivity contribution in [2.75, 3.05) is 19.6 Å². The molecule has 1 aliphatic heterocycles. The fourth-order valence-corrected chi connectivity index (χ4v) is 4.94. The van der Waals surface area contributed by atoms with Crippen molar-refractivity contribution in [2.45, 2.75) is 24.3 Å². The fourth-order valence-electron chi connectivity index (χ4n) is 3.06. The second-order valence-electron chi connectivity index (χ2n) is 6.52. The first-order chi connectivity index (χ1) is 12.1. The Morgan fingerprint density at radius 2 is 1.88 bits per heavy atom. The van der Waals surface area contributed by atoms with Crippen LogP contribution >= 0.6 is 0 Å². The number of H-pyrrole nitrogens is 1. The number of nitrogens with one attached hydrogen (secondary N) is 1. The molecule has 0 bridgehead atoms. The zero-order chi connectivity index (χ0) is 19.1. The van der Waals surface area contributed by atoms with Crippen molar-refractivity contribution in [3.63, 3.8) is 0 Å². The zero-order valence-corrected chi connectivity index (χ0v) is 14.9. The van der Waals surface area contributed by atoms with Crippen molar-refractivity contribution in [1.82, 2.24) is 24.6 Å². The van der Waals surface area contributed by atoms with Crippen molar-refractivity contribution in [1.29, 1.82) is 0 Å². The van der Waals surface area contributed by atoms with E-state index in [1.165, 1.54) is 11.1 Å². The summed E-state index contributed by atoms with van der Waals surface area (Å²) < 4.78 is 54.8. The highest BCUT2D eigenvalue weighted by atomic mass is 32.2. The van der Waals surface area contributed by atoms with E-state index in [4.69, 9.17) is 0 Å². The number of piperazine rings is 1. The maximum absolute atomic E-state index is 14.0. The molecule has 0 unspecified atom stereocenters. The molecule has 0 saturated carbocycles. The van der Waals surface area contributed by atoms with E-state index in [9.17, 15) is 22.0 Å². The number of carbonyl (C=O) groups excluding carboxylic acids is 1. The first kappa shape index (κ1) is 18.4. The first-order valence-electron chi connectivity index (χ1n) is 7.76. The second-order valence-corrected chi connectivity index (χ2v) is 8.32. The van der Waals surface area contributed by atoms with Crippen LogP contribution in [0.2, 0.25) is 0 Å². The lowest BCUT2D eigenvalue weighted by Crippen LogP contribution is -2.62. The molecule has 0 aliphatic carbocycles. The summed E-state index contributed by atoms with van der Waals surface area (Å²) in [5.41, 5.74) is -0.970. The molecule has 8 nitrogen and oxygen atoms in total. The maximum Gasteiger partial charge on any atom is 0.276 e. The van der Waals surface area contributed by atoms with Gasteiger partial charge in [0, 0.05) is 25.2 Å². The summed E-state index contributed by atoms with van der Waals surface area (Å²) >= 11 is 0. The van der Waals surface area contributed by atoms with Gasteiger partial charge in [0.15, 0.2) is 10.6 Å². The number of carbonyl (C=O) groups is 1. The highest BCUT2D eigenvalue weighted by Crippen LogP contribution is 2.31. The van der Waals surface area contributed by atoms with E-state index in [1.54, 1.807) is 13.8 Å². The van der Waals surface area contributed by atoms with Crippen molar-refractivity contribution >= 4 is 15.9 Å². The number of hydrogen-bond acceptors (Lipinski definition) is 5. The summed E-state index contributed by atoms with van der Waals surface area (Å²) in [5.74, 6) is -2.70. The Morgan fingerprint density at radius 3 is 2.42 bits per heavy atom. The molecule has 0 radical (unpaired) electrons. The lowest BCUT2D eigenvalue weighted by Gasteiger charge is -2.45. The lowest BCUT2D eigenvalue weighted by molar-refractivity contribution is 0.0488. The standard InChI is InChI=1S/C15H17F2N5O3S/c1-15(2)9-21(14(23)12-8-18-20-19-12)6-7-22(15)26(24,25)13-10(16)4-3-5-11(13)17/h3-5,8H,6-7,9H2,1-2H3,(H,18,19,20). The summed E-state index contributed by atoms with van der Waals surface area (Å²) in [4.78, 5) is 12.8. The summed E-state index contributed by atoms with van der Waals surface area (Å²) in [6, 6.07) is 2.89. The van der Waals surface area contributed by atoms with Crippen LogP contribution in [0.3, 0.4) is 0 Å². The number of aromatic nitrogens is 3. The number of rotatable bonds is 3. The number of nitrogens with zero attached hydrogens (tertiary/aromatic N) is 4. The topological polar surface area (TPSA) is 99.3 Å². The van der Waals surface area contributed by atoms with Crippen molar-refractivity contribution in [3.05, 3.63) is 41.7 Å². The van der Waals surface area contributed by atoms with Crippen molar-refractivity contribution in [3.8, 4) is 0 Å². The molecule has 3 rings (SSSR count). The van der Waals surface area contributed by atoms with E-state index >= 15 is 0 Å². The summed E-state index contributed by atoms with van der Waals surface area (Å²) in [7, 11) is -4.42. The van der Waals surface area contributed by atoms with Crippen LogP contribution in [0.25, 0.3) is 0 Å².